The molecular weight excluding hydrogens is 358 g/mol. The first-order chi connectivity index (χ1) is 13.3. The molecule has 0 aliphatic heterocycles. The molecule has 28 heavy (non-hydrogen) atoms. The van der Waals surface area contributed by atoms with Crippen LogP contribution in [0.2, 0.25) is 0 Å². The lowest BCUT2D eigenvalue weighted by molar-refractivity contribution is -0.123. The third kappa shape index (κ3) is 6.70. The molecule has 2 aromatic rings. The van der Waals surface area contributed by atoms with Gasteiger partial charge in [-0.15, -0.1) is 0 Å². The Morgan fingerprint density at radius 1 is 1.07 bits per heavy atom. The van der Waals surface area contributed by atoms with Gasteiger partial charge in [-0.1, -0.05) is 24.3 Å². The summed E-state index contributed by atoms with van der Waals surface area (Å²) in [6.45, 7) is 7.03. The third-order valence-electron chi connectivity index (χ3n) is 4.25. The Hall–Kier alpha value is -2.86. The van der Waals surface area contributed by atoms with E-state index in [4.69, 9.17) is 14.6 Å². The summed E-state index contributed by atoms with van der Waals surface area (Å²) in [5.74, 6) is -0.578. The van der Waals surface area contributed by atoms with Crippen LogP contribution < -0.4 is 10.1 Å². The predicted molar refractivity (Wildman–Crippen MR) is 108 cm³/mol. The summed E-state index contributed by atoms with van der Waals surface area (Å²) in [6, 6.07) is 13.9. The van der Waals surface area contributed by atoms with Gasteiger partial charge in [-0.2, -0.15) is 0 Å². The van der Waals surface area contributed by atoms with Crippen LogP contribution in [-0.2, 0) is 9.53 Å². The quantitative estimate of drug-likeness (QED) is 0.651. The third-order valence-corrected chi connectivity index (χ3v) is 4.25. The zero-order valence-corrected chi connectivity index (χ0v) is 16.5. The molecule has 0 bridgehead atoms. The Bertz CT molecular complexity index is 799. The van der Waals surface area contributed by atoms with E-state index >= 15 is 0 Å². The van der Waals surface area contributed by atoms with Crippen LogP contribution in [0.3, 0.4) is 0 Å². The van der Waals surface area contributed by atoms with Crippen molar-refractivity contribution in [1.29, 1.82) is 0 Å². The van der Waals surface area contributed by atoms with E-state index in [1.54, 1.807) is 30.3 Å². The lowest BCUT2D eigenvalue weighted by Crippen LogP contribution is -2.35. The number of benzene rings is 2. The van der Waals surface area contributed by atoms with Crippen LogP contribution in [0, 0.1) is 0 Å². The first-order valence-corrected chi connectivity index (χ1v) is 9.28. The highest BCUT2D eigenvalue weighted by Crippen LogP contribution is 2.23. The summed E-state index contributed by atoms with van der Waals surface area (Å²) < 4.78 is 11.1. The molecule has 2 rings (SSSR count). The van der Waals surface area contributed by atoms with Crippen molar-refractivity contribution in [2.24, 2.45) is 0 Å². The van der Waals surface area contributed by atoms with Gasteiger partial charge in [0.1, 0.15) is 5.75 Å². The summed E-state index contributed by atoms with van der Waals surface area (Å²) in [5.41, 5.74) is 1.65. The lowest BCUT2D eigenvalue weighted by Gasteiger charge is -2.24. The molecule has 0 aliphatic carbocycles. The fraction of sp³-hybridized carbons (Fsp3) is 0.364. The van der Waals surface area contributed by atoms with Crippen LogP contribution in [0.4, 0.5) is 0 Å². The van der Waals surface area contributed by atoms with Crippen molar-refractivity contribution in [3.63, 3.8) is 0 Å². The monoisotopic (exact) mass is 385 g/mol. The fourth-order valence-corrected chi connectivity index (χ4v) is 2.74. The maximum absolute atomic E-state index is 11.9. The number of aromatic carboxylic acids is 1. The van der Waals surface area contributed by atoms with Gasteiger partial charge in [0.05, 0.1) is 11.2 Å². The van der Waals surface area contributed by atoms with E-state index in [2.05, 4.69) is 5.32 Å². The average Bonchev–Trinajstić information content (AvgIpc) is 2.66. The van der Waals surface area contributed by atoms with Gasteiger partial charge in [-0.25, -0.2) is 4.79 Å². The molecule has 1 amide bonds. The summed E-state index contributed by atoms with van der Waals surface area (Å²) in [6.07, 6.45) is 0.719. The van der Waals surface area contributed by atoms with Crippen molar-refractivity contribution in [2.75, 3.05) is 19.8 Å². The minimum Gasteiger partial charge on any atom is -0.484 e. The summed E-state index contributed by atoms with van der Waals surface area (Å²) in [5, 5.41) is 11.9. The van der Waals surface area contributed by atoms with Gasteiger partial charge in [0.2, 0.25) is 0 Å². The van der Waals surface area contributed by atoms with Gasteiger partial charge in [0.15, 0.2) is 6.61 Å². The van der Waals surface area contributed by atoms with E-state index < -0.39 is 5.97 Å². The van der Waals surface area contributed by atoms with Crippen LogP contribution in [0.15, 0.2) is 48.5 Å². The zero-order chi connectivity index (χ0) is 20.6. The molecule has 0 atom stereocenters. The van der Waals surface area contributed by atoms with Crippen molar-refractivity contribution < 1.29 is 24.2 Å². The van der Waals surface area contributed by atoms with Gasteiger partial charge >= 0.3 is 5.97 Å². The maximum Gasteiger partial charge on any atom is 0.335 e. The number of hydrogen-bond donors (Lipinski definition) is 2. The van der Waals surface area contributed by atoms with Crippen molar-refractivity contribution in [3.8, 4) is 16.9 Å². The largest absolute Gasteiger partial charge is 0.484 e. The van der Waals surface area contributed by atoms with Crippen molar-refractivity contribution >= 4 is 11.9 Å². The standard InChI is InChI=1S/C22H27NO5/c1-4-28-22(2,3)12-13-23-20(24)15-27-19-10-8-16(9-11-19)17-6-5-7-18(14-17)21(25)26/h5-11,14H,4,12-13,15H2,1-3H3,(H,23,24)(H,25,26). The lowest BCUT2D eigenvalue weighted by atomic mass is 10.0. The van der Waals surface area contributed by atoms with Gasteiger partial charge in [-0.3, -0.25) is 4.79 Å². The van der Waals surface area contributed by atoms with E-state index in [0.717, 1.165) is 17.5 Å². The van der Waals surface area contributed by atoms with Gasteiger partial charge in [0.25, 0.3) is 5.91 Å². The predicted octanol–water partition coefficient (Wildman–Crippen LogP) is 3.75. The number of ether oxygens (including phenoxy) is 2. The molecule has 0 saturated heterocycles. The molecule has 0 saturated carbocycles. The number of carbonyl (C=O) groups is 2. The van der Waals surface area contributed by atoms with Crippen LogP contribution >= 0.6 is 0 Å². The van der Waals surface area contributed by atoms with Crippen molar-refractivity contribution in [1.82, 2.24) is 5.32 Å². The minimum atomic E-state index is -0.961. The van der Waals surface area contributed by atoms with E-state index in [9.17, 15) is 9.59 Å². The molecule has 6 nitrogen and oxygen atoms in total. The summed E-state index contributed by atoms with van der Waals surface area (Å²) in [7, 11) is 0. The Balaban J connectivity index is 1.83. The number of carboxylic acid groups (broad SMARTS) is 1. The highest BCUT2D eigenvalue weighted by Gasteiger charge is 2.17. The smallest absolute Gasteiger partial charge is 0.335 e. The number of carbonyl (C=O) groups excluding carboxylic acids is 1. The highest BCUT2D eigenvalue weighted by atomic mass is 16.5. The number of amides is 1. The average molecular weight is 385 g/mol. The Morgan fingerprint density at radius 3 is 2.43 bits per heavy atom. The molecule has 6 heteroatoms. The minimum absolute atomic E-state index is 0.0666. The molecule has 0 aliphatic rings. The first-order valence-electron chi connectivity index (χ1n) is 9.28. The second-order valence-electron chi connectivity index (χ2n) is 6.99. The SMILES string of the molecule is CCOC(C)(C)CCNC(=O)COc1ccc(-c2cccc(C(=O)O)c2)cc1. The van der Waals surface area contributed by atoms with E-state index in [1.807, 2.05) is 39.0 Å². The van der Waals surface area contributed by atoms with E-state index in [0.29, 0.717) is 18.9 Å². The van der Waals surface area contributed by atoms with Crippen LogP contribution in [0.5, 0.6) is 5.75 Å². The topological polar surface area (TPSA) is 84.9 Å². The van der Waals surface area contributed by atoms with Crippen LogP contribution in [-0.4, -0.2) is 42.3 Å². The molecule has 150 valence electrons. The number of rotatable bonds is 10. The van der Waals surface area contributed by atoms with E-state index in [1.165, 1.54) is 0 Å². The number of carboxylic acids is 1. The molecule has 0 aromatic heterocycles. The Labute approximate surface area is 165 Å². The number of nitrogens with one attached hydrogen (secondary N) is 1. The Kier molecular flexibility index (Phi) is 7.58. The summed E-state index contributed by atoms with van der Waals surface area (Å²) in [4.78, 5) is 23.0. The summed E-state index contributed by atoms with van der Waals surface area (Å²) >= 11 is 0. The van der Waals surface area contributed by atoms with Crippen molar-refractivity contribution in [3.05, 3.63) is 54.1 Å². The first kappa shape index (κ1) is 21.4. The van der Waals surface area contributed by atoms with Crippen LogP contribution in [0.25, 0.3) is 11.1 Å². The normalized spacial score (nSPS) is 11.1. The van der Waals surface area contributed by atoms with Gasteiger partial charge in [0, 0.05) is 13.2 Å². The molecule has 2 aromatic carbocycles. The Morgan fingerprint density at radius 2 is 1.79 bits per heavy atom. The van der Waals surface area contributed by atoms with E-state index in [-0.39, 0.29) is 23.7 Å². The van der Waals surface area contributed by atoms with Crippen LogP contribution in [0.1, 0.15) is 37.6 Å². The second-order valence-corrected chi connectivity index (χ2v) is 6.99. The molecule has 0 radical (unpaired) electrons. The molecule has 0 spiro atoms. The molecule has 0 unspecified atom stereocenters. The van der Waals surface area contributed by atoms with Crippen molar-refractivity contribution in [2.45, 2.75) is 32.8 Å². The molecule has 2 N–H and O–H groups in total. The fourth-order valence-electron chi connectivity index (χ4n) is 2.74. The van der Waals surface area contributed by atoms with Gasteiger partial charge < -0.3 is 19.9 Å². The van der Waals surface area contributed by atoms with Gasteiger partial charge in [-0.05, 0) is 62.6 Å². The molecular formula is C22H27NO5. The zero-order valence-electron chi connectivity index (χ0n) is 16.5. The highest BCUT2D eigenvalue weighted by molar-refractivity contribution is 5.89. The molecule has 0 fully saturated rings. The molecule has 0 heterocycles. The maximum atomic E-state index is 11.9. The second kappa shape index (κ2) is 9.90. The number of hydrogen-bond acceptors (Lipinski definition) is 4.